The predicted molar refractivity (Wildman–Crippen MR) is 48.9 cm³/mol. The zero-order valence-corrected chi connectivity index (χ0v) is 7.73. The Morgan fingerprint density at radius 1 is 1.62 bits per heavy atom. The second-order valence-electron chi connectivity index (χ2n) is 2.13. The molecular formula is C9H13NO3. The first-order valence-corrected chi connectivity index (χ1v) is 3.86. The number of methoxy groups -OCH3 is 1. The molecule has 1 rings (SSSR count). The van der Waals surface area contributed by atoms with Gasteiger partial charge in [0.25, 0.3) is 6.47 Å². The lowest BCUT2D eigenvalue weighted by molar-refractivity contribution is -0.122. The number of pyridine rings is 1. The van der Waals surface area contributed by atoms with E-state index in [1.165, 1.54) is 0 Å². The summed E-state index contributed by atoms with van der Waals surface area (Å²) in [4.78, 5) is 12.5. The molecule has 0 amide bonds. The third kappa shape index (κ3) is 4.79. The fourth-order valence-electron chi connectivity index (χ4n) is 0.768. The van der Waals surface area contributed by atoms with Gasteiger partial charge in [0, 0.05) is 11.8 Å². The van der Waals surface area contributed by atoms with E-state index in [1.807, 2.05) is 18.2 Å². The van der Waals surface area contributed by atoms with Crippen molar-refractivity contribution in [2.75, 3.05) is 7.11 Å². The first kappa shape index (κ1) is 11.4. The van der Waals surface area contributed by atoms with Gasteiger partial charge in [0.05, 0.1) is 7.11 Å². The molecule has 0 aliphatic heterocycles. The first-order valence-electron chi connectivity index (χ1n) is 3.86. The Hall–Kier alpha value is -1.58. The SMILES string of the molecule is CCc1cccc(OC)n1.O=CO. The molecule has 0 bridgehead atoms. The van der Waals surface area contributed by atoms with Crippen LogP contribution in [0.3, 0.4) is 0 Å². The van der Waals surface area contributed by atoms with Crippen LogP contribution < -0.4 is 4.74 Å². The Bertz CT molecular complexity index is 231. The number of ether oxygens (including phenoxy) is 1. The summed E-state index contributed by atoms with van der Waals surface area (Å²) in [5.74, 6) is 0.694. The van der Waals surface area contributed by atoms with Crippen molar-refractivity contribution in [1.82, 2.24) is 4.98 Å². The number of carbonyl (C=O) groups is 1. The molecule has 0 saturated carbocycles. The molecule has 4 heteroatoms. The zero-order valence-electron chi connectivity index (χ0n) is 7.73. The highest BCUT2D eigenvalue weighted by Crippen LogP contribution is 2.06. The largest absolute Gasteiger partial charge is 0.483 e. The molecule has 0 aliphatic rings. The van der Waals surface area contributed by atoms with Gasteiger partial charge in [-0.1, -0.05) is 13.0 Å². The minimum absolute atomic E-state index is 0.250. The summed E-state index contributed by atoms with van der Waals surface area (Å²) in [5, 5.41) is 6.89. The van der Waals surface area contributed by atoms with E-state index in [0.29, 0.717) is 5.88 Å². The molecular weight excluding hydrogens is 170 g/mol. The average Bonchev–Trinajstić information content (AvgIpc) is 2.19. The van der Waals surface area contributed by atoms with Crippen molar-refractivity contribution in [3.05, 3.63) is 23.9 Å². The van der Waals surface area contributed by atoms with Gasteiger partial charge in [-0.15, -0.1) is 0 Å². The van der Waals surface area contributed by atoms with Crippen LogP contribution in [-0.2, 0) is 11.2 Å². The van der Waals surface area contributed by atoms with Gasteiger partial charge in [-0.2, -0.15) is 0 Å². The monoisotopic (exact) mass is 183 g/mol. The van der Waals surface area contributed by atoms with E-state index in [1.54, 1.807) is 7.11 Å². The van der Waals surface area contributed by atoms with E-state index < -0.39 is 0 Å². The van der Waals surface area contributed by atoms with Crippen LogP contribution in [0, 0.1) is 0 Å². The quantitative estimate of drug-likeness (QED) is 0.703. The molecule has 1 aromatic heterocycles. The van der Waals surface area contributed by atoms with Gasteiger partial charge in [-0.3, -0.25) is 4.79 Å². The van der Waals surface area contributed by atoms with Gasteiger partial charge in [-0.25, -0.2) is 4.98 Å². The summed E-state index contributed by atoms with van der Waals surface area (Å²) in [6.45, 7) is 1.82. The average molecular weight is 183 g/mol. The van der Waals surface area contributed by atoms with Gasteiger partial charge in [-0.05, 0) is 12.5 Å². The van der Waals surface area contributed by atoms with Crippen molar-refractivity contribution in [3.63, 3.8) is 0 Å². The number of aryl methyl sites for hydroxylation is 1. The van der Waals surface area contributed by atoms with Crippen LogP contribution in [0.5, 0.6) is 5.88 Å². The van der Waals surface area contributed by atoms with Crippen LogP contribution in [0.1, 0.15) is 12.6 Å². The van der Waals surface area contributed by atoms with Gasteiger partial charge < -0.3 is 9.84 Å². The standard InChI is InChI=1S/C8H11NO.CH2O2/c1-3-7-5-4-6-8(9-7)10-2;2-1-3/h4-6H,3H2,1-2H3;1H,(H,2,3). The number of aromatic nitrogens is 1. The Morgan fingerprint density at radius 3 is 2.69 bits per heavy atom. The lowest BCUT2D eigenvalue weighted by Gasteiger charge is -1.98. The molecule has 1 aromatic rings. The third-order valence-corrected chi connectivity index (χ3v) is 1.35. The van der Waals surface area contributed by atoms with Crippen molar-refractivity contribution in [2.45, 2.75) is 13.3 Å². The Balaban J connectivity index is 0.000000424. The summed E-state index contributed by atoms with van der Waals surface area (Å²) in [5.41, 5.74) is 1.07. The Kier molecular flexibility index (Phi) is 6.23. The minimum atomic E-state index is -0.250. The van der Waals surface area contributed by atoms with E-state index in [0.717, 1.165) is 12.1 Å². The lowest BCUT2D eigenvalue weighted by Crippen LogP contribution is -1.90. The van der Waals surface area contributed by atoms with Gasteiger partial charge in [0.1, 0.15) is 0 Å². The first-order chi connectivity index (χ1) is 6.28. The van der Waals surface area contributed by atoms with E-state index in [2.05, 4.69) is 11.9 Å². The number of nitrogens with zero attached hydrogens (tertiary/aromatic N) is 1. The van der Waals surface area contributed by atoms with Crippen LogP contribution >= 0.6 is 0 Å². The smallest absolute Gasteiger partial charge is 0.290 e. The fraction of sp³-hybridized carbons (Fsp3) is 0.333. The maximum Gasteiger partial charge on any atom is 0.290 e. The molecule has 13 heavy (non-hydrogen) atoms. The van der Waals surface area contributed by atoms with Crippen molar-refractivity contribution in [1.29, 1.82) is 0 Å². The molecule has 0 saturated heterocycles. The van der Waals surface area contributed by atoms with Crippen LogP contribution in [-0.4, -0.2) is 23.7 Å². The highest BCUT2D eigenvalue weighted by atomic mass is 16.5. The number of rotatable bonds is 2. The number of carboxylic acid groups (broad SMARTS) is 1. The summed E-state index contributed by atoms with van der Waals surface area (Å²) in [6, 6.07) is 5.78. The third-order valence-electron chi connectivity index (χ3n) is 1.35. The molecule has 1 N–H and O–H groups in total. The van der Waals surface area contributed by atoms with E-state index >= 15 is 0 Å². The molecule has 4 nitrogen and oxygen atoms in total. The Morgan fingerprint density at radius 2 is 2.23 bits per heavy atom. The molecule has 0 fully saturated rings. The van der Waals surface area contributed by atoms with Crippen molar-refractivity contribution >= 4 is 6.47 Å². The molecule has 72 valence electrons. The molecule has 0 aliphatic carbocycles. The summed E-state index contributed by atoms with van der Waals surface area (Å²) < 4.78 is 4.95. The highest BCUT2D eigenvalue weighted by Gasteiger charge is 1.92. The second-order valence-corrected chi connectivity index (χ2v) is 2.13. The molecule has 0 unspecified atom stereocenters. The molecule has 1 heterocycles. The molecule has 0 radical (unpaired) electrons. The summed E-state index contributed by atoms with van der Waals surface area (Å²) in [7, 11) is 1.63. The Labute approximate surface area is 77.2 Å². The van der Waals surface area contributed by atoms with Crippen LogP contribution in [0.2, 0.25) is 0 Å². The van der Waals surface area contributed by atoms with Crippen molar-refractivity contribution in [2.24, 2.45) is 0 Å². The lowest BCUT2D eigenvalue weighted by atomic mass is 10.3. The van der Waals surface area contributed by atoms with E-state index in [4.69, 9.17) is 14.6 Å². The maximum atomic E-state index is 8.36. The summed E-state index contributed by atoms with van der Waals surface area (Å²) >= 11 is 0. The second kappa shape index (κ2) is 7.09. The number of hydrogen-bond acceptors (Lipinski definition) is 3. The van der Waals surface area contributed by atoms with Crippen molar-refractivity contribution < 1.29 is 14.6 Å². The normalized spacial score (nSPS) is 8.15. The predicted octanol–water partition coefficient (Wildman–Crippen LogP) is 1.35. The maximum absolute atomic E-state index is 8.36. The molecule has 0 aromatic carbocycles. The zero-order chi connectivity index (χ0) is 10.1. The topological polar surface area (TPSA) is 59.4 Å². The van der Waals surface area contributed by atoms with Gasteiger partial charge in [0.15, 0.2) is 0 Å². The number of hydrogen-bond donors (Lipinski definition) is 1. The van der Waals surface area contributed by atoms with Gasteiger partial charge >= 0.3 is 0 Å². The molecule has 0 atom stereocenters. The fourth-order valence-corrected chi connectivity index (χ4v) is 0.768. The summed E-state index contributed by atoms with van der Waals surface area (Å²) in [6.07, 6.45) is 0.956. The minimum Gasteiger partial charge on any atom is -0.483 e. The van der Waals surface area contributed by atoms with E-state index in [-0.39, 0.29) is 6.47 Å². The van der Waals surface area contributed by atoms with Crippen LogP contribution in [0.25, 0.3) is 0 Å². The molecule has 0 spiro atoms. The highest BCUT2D eigenvalue weighted by molar-refractivity contribution is 5.32. The van der Waals surface area contributed by atoms with Crippen LogP contribution in [0.4, 0.5) is 0 Å². The van der Waals surface area contributed by atoms with Gasteiger partial charge in [0.2, 0.25) is 5.88 Å². The van der Waals surface area contributed by atoms with Crippen molar-refractivity contribution in [3.8, 4) is 5.88 Å². The van der Waals surface area contributed by atoms with E-state index in [9.17, 15) is 0 Å². The van der Waals surface area contributed by atoms with Crippen LogP contribution in [0.15, 0.2) is 18.2 Å².